The molecule has 2 aromatic rings. The van der Waals surface area contributed by atoms with E-state index in [9.17, 15) is 4.55 Å². The highest BCUT2D eigenvalue weighted by Crippen LogP contribution is 2.28. The van der Waals surface area contributed by atoms with Gasteiger partial charge in [-0.2, -0.15) is 4.98 Å². The number of nitrogens with two attached hydrogens (primary N) is 1. The van der Waals surface area contributed by atoms with Crippen LogP contribution in [0.1, 0.15) is 0 Å². The molecule has 2 fully saturated rings. The number of nitrogen functional groups attached to an aromatic ring is 1. The second kappa shape index (κ2) is 6.54. The molecule has 0 aliphatic carbocycles. The SMILES string of the molecule is Nc1ncnc2c(N3CC[S+]([O-])CC3)nc(N3CCNCC3)nc12. The Morgan fingerprint density at radius 2 is 1.75 bits per heavy atom. The lowest BCUT2D eigenvalue weighted by molar-refractivity contribution is 0.578. The maximum Gasteiger partial charge on any atom is 0.228 e. The molecule has 0 radical (unpaired) electrons. The van der Waals surface area contributed by atoms with Crippen molar-refractivity contribution in [3.05, 3.63) is 6.33 Å². The molecule has 0 aromatic carbocycles. The molecular weight excluding hydrogens is 328 g/mol. The third kappa shape index (κ3) is 2.92. The number of hydrogen-bond acceptors (Lipinski definition) is 9. The van der Waals surface area contributed by atoms with E-state index >= 15 is 0 Å². The van der Waals surface area contributed by atoms with E-state index in [2.05, 4.69) is 30.1 Å². The van der Waals surface area contributed by atoms with Gasteiger partial charge in [0.15, 0.2) is 11.6 Å². The van der Waals surface area contributed by atoms with Crippen molar-refractivity contribution in [1.29, 1.82) is 0 Å². The van der Waals surface area contributed by atoms with E-state index in [4.69, 9.17) is 10.7 Å². The summed E-state index contributed by atoms with van der Waals surface area (Å²) >= 11 is -0.744. The van der Waals surface area contributed by atoms with Crippen LogP contribution in [0.3, 0.4) is 0 Å². The lowest BCUT2D eigenvalue weighted by Crippen LogP contribution is -2.45. The maximum atomic E-state index is 11.7. The molecule has 10 heteroatoms. The van der Waals surface area contributed by atoms with Gasteiger partial charge in [-0.15, -0.1) is 0 Å². The first-order valence-corrected chi connectivity index (χ1v) is 9.55. The average molecular weight is 348 g/mol. The van der Waals surface area contributed by atoms with Gasteiger partial charge in [0, 0.05) is 26.2 Å². The van der Waals surface area contributed by atoms with Gasteiger partial charge < -0.3 is 25.4 Å². The second-order valence-electron chi connectivity index (χ2n) is 5.88. The van der Waals surface area contributed by atoms with Crippen LogP contribution >= 0.6 is 0 Å². The van der Waals surface area contributed by atoms with Gasteiger partial charge in [0.2, 0.25) is 5.95 Å². The van der Waals surface area contributed by atoms with Gasteiger partial charge in [0.25, 0.3) is 0 Å². The molecule has 0 unspecified atom stereocenters. The molecule has 0 spiro atoms. The molecule has 2 aliphatic heterocycles. The minimum absolute atomic E-state index is 0.362. The normalized spacial score (nSPS) is 19.9. The monoisotopic (exact) mass is 348 g/mol. The van der Waals surface area contributed by atoms with Gasteiger partial charge in [0.05, 0.1) is 13.1 Å². The van der Waals surface area contributed by atoms with E-state index in [0.29, 0.717) is 47.4 Å². The van der Waals surface area contributed by atoms with E-state index < -0.39 is 11.2 Å². The van der Waals surface area contributed by atoms with E-state index in [1.54, 1.807) is 0 Å². The number of anilines is 3. The number of piperazine rings is 1. The van der Waals surface area contributed by atoms with Crippen molar-refractivity contribution in [3.8, 4) is 0 Å². The van der Waals surface area contributed by atoms with Crippen molar-refractivity contribution in [1.82, 2.24) is 25.3 Å². The summed E-state index contributed by atoms with van der Waals surface area (Å²) in [4.78, 5) is 22.1. The number of nitrogens with one attached hydrogen (secondary N) is 1. The smallest absolute Gasteiger partial charge is 0.228 e. The van der Waals surface area contributed by atoms with E-state index in [1.807, 2.05) is 0 Å². The topological polar surface area (TPSA) is 119 Å². The van der Waals surface area contributed by atoms with Crippen LogP contribution in [-0.4, -0.2) is 75.3 Å². The third-order valence-corrected chi connectivity index (χ3v) is 5.63. The quantitative estimate of drug-likeness (QED) is 0.657. The first kappa shape index (κ1) is 15.6. The zero-order valence-electron chi connectivity index (χ0n) is 13.3. The molecule has 2 saturated heterocycles. The number of hydrogen-bond donors (Lipinski definition) is 2. The van der Waals surface area contributed by atoms with Crippen LogP contribution in [0.4, 0.5) is 17.6 Å². The summed E-state index contributed by atoms with van der Waals surface area (Å²) in [7, 11) is 0. The van der Waals surface area contributed by atoms with Crippen molar-refractivity contribution in [2.75, 3.05) is 66.3 Å². The molecule has 4 heterocycles. The number of rotatable bonds is 2. The first-order valence-electron chi connectivity index (χ1n) is 8.06. The van der Waals surface area contributed by atoms with Crippen molar-refractivity contribution in [2.45, 2.75) is 0 Å². The van der Waals surface area contributed by atoms with Crippen LogP contribution in [0.15, 0.2) is 6.33 Å². The maximum absolute atomic E-state index is 11.7. The molecule has 4 rings (SSSR count). The Morgan fingerprint density at radius 1 is 1.00 bits per heavy atom. The van der Waals surface area contributed by atoms with Crippen LogP contribution in [-0.2, 0) is 11.2 Å². The lowest BCUT2D eigenvalue weighted by Gasteiger charge is -2.31. The minimum atomic E-state index is -0.744. The van der Waals surface area contributed by atoms with Gasteiger partial charge in [0.1, 0.15) is 28.9 Å². The predicted molar refractivity (Wildman–Crippen MR) is 94.7 cm³/mol. The van der Waals surface area contributed by atoms with Gasteiger partial charge in [-0.3, -0.25) is 0 Å². The van der Waals surface area contributed by atoms with E-state index in [1.165, 1.54) is 6.33 Å². The van der Waals surface area contributed by atoms with Crippen molar-refractivity contribution in [3.63, 3.8) is 0 Å². The largest absolute Gasteiger partial charge is 0.616 e. The summed E-state index contributed by atoms with van der Waals surface area (Å²) in [6.07, 6.45) is 1.44. The Kier molecular flexibility index (Phi) is 4.25. The molecule has 0 amide bonds. The van der Waals surface area contributed by atoms with Crippen LogP contribution in [0.5, 0.6) is 0 Å². The number of nitrogens with zero attached hydrogens (tertiary/aromatic N) is 6. The third-order valence-electron chi connectivity index (χ3n) is 4.36. The van der Waals surface area contributed by atoms with Gasteiger partial charge in [-0.05, 0) is 0 Å². The Hall–Kier alpha value is -1.91. The minimum Gasteiger partial charge on any atom is -0.616 e. The fourth-order valence-electron chi connectivity index (χ4n) is 3.02. The zero-order chi connectivity index (χ0) is 16.5. The molecule has 3 N–H and O–H groups in total. The fraction of sp³-hybridized carbons (Fsp3) is 0.571. The zero-order valence-corrected chi connectivity index (χ0v) is 14.1. The van der Waals surface area contributed by atoms with Crippen LogP contribution in [0.25, 0.3) is 11.0 Å². The Morgan fingerprint density at radius 3 is 2.50 bits per heavy atom. The molecule has 2 aliphatic rings. The van der Waals surface area contributed by atoms with Gasteiger partial charge in [-0.1, -0.05) is 11.2 Å². The summed E-state index contributed by atoms with van der Waals surface area (Å²) in [5.41, 5.74) is 7.28. The summed E-state index contributed by atoms with van der Waals surface area (Å²) in [6.45, 7) is 4.90. The summed E-state index contributed by atoms with van der Waals surface area (Å²) in [6, 6.07) is 0. The van der Waals surface area contributed by atoms with Gasteiger partial charge >= 0.3 is 0 Å². The Labute approximate surface area is 142 Å². The molecule has 9 nitrogen and oxygen atoms in total. The number of fused-ring (bicyclic) bond motifs is 1. The summed E-state index contributed by atoms with van der Waals surface area (Å²) in [5, 5.41) is 3.33. The molecule has 0 bridgehead atoms. The van der Waals surface area contributed by atoms with Crippen molar-refractivity contribution < 1.29 is 4.55 Å². The van der Waals surface area contributed by atoms with Crippen LogP contribution in [0.2, 0.25) is 0 Å². The van der Waals surface area contributed by atoms with Crippen LogP contribution in [0, 0.1) is 0 Å². The van der Waals surface area contributed by atoms with E-state index in [0.717, 1.165) is 32.0 Å². The first-order chi connectivity index (χ1) is 11.7. The van der Waals surface area contributed by atoms with Crippen LogP contribution < -0.4 is 20.9 Å². The highest BCUT2D eigenvalue weighted by Gasteiger charge is 2.25. The predicted octanol–water partition coefficient (Wildman–Crippen LogP) is -1.02. The molecule has 2 aromatic heterocycles. The summed E-state index contributed by atoms with van der Waals surface area (Å²) < 4.78 is 11.7. The van der Waals surface area contributed by atoms with Gasteiger partial charge in [-0.25, -0.2) is 15.0 Å². The fourth-order valence-corrected chi connectivity index (χ4v) is 4.07. The Bertz CT molecular complexity index is 730. The van der Waals surface area contributed by atoms with Crippen molar-refractivity contribution >= 4 is 39.8 Å². The Balaban J connectivity index is 1.79. The lowest BCUT2D eigenvalue weighted by atomic mass is 10.3. The molecule has 0 atom stereocenters. The average Bonchev–Trinajstić information content (AvgIpc) is 2.63. The second-order valence-corrected chi connectivity index (χ2v) is 7.57. The highest BCUT2D eigenvalue weighted by molar-refractivity contribution is 7.91. The molecule has 128 valence electrons. The van der Waals surface area contributed by atoms with E-state index in [-0.39, 0.29) is 0 Å². The standard InChI is InChI=1S/C14H20N8OS/c15-12-10-11(17-9-18-12)13(21-5-7-24(23)8-6-21)20-14(19-10)22-3-1-16-2-4-22/h9,16H,1-8H2,(H2,15,17,18). The molecule has 24 heavy (non-hydrogen) atoms. The molecule has 0 saturated carbocycles. The number of aromatic nitrogens is 4. The summed E-state index contributed by atoms with van der Waals surface area (Å²) in [5.74, 6) is 3.08. The van der Waals surface area contributed by atoms with Crippen molar-refractivity contribution in [2.24, 2.45) is 0 Å². The molecular formula is C14H20N8OS. The highest BCUT2D eigenvalue weighted by atomic mass is 32.2.